The maximum atomic E-state index is 14.7. The number of H-pyrrole nitrogens is 1. The highest BCUT2D eigenvalue weighted by Gasteiger charge is 2.35. The number of fused-ring (bicyclic) bond motifs is 1. The number of halogens is 2. The Hall–Kier alpha value is -7.41. The predicted molar refractivity (Wildman–Crippen MR) is 296 cm³/mol. The highest BCUT2D eigenvalue weighted by atomic mass is 32.1. The van der Waals surface area contributed by atoms with Crippen molar-refractivity contribution >= 4 is 83.4 Å². The van der Waals surface area contributed by atoms with Crippen LogP contribution in [0.5, 0.6) is 0 Å². The lowest BCUT2D eigenvalue weighted by atomic mass is 10.00. The number of thiol groups is 2. The van der Waals surface area contributed by atoms with E-state index in [2.05, 4.69) is 72.4 Å². The second-order valence-electron chi connectivity index (χ2n) is 19.1. The lowest BCUT2D eigenvalue weighted by molar-refractivity contribution is -0.136. The summed E-state index contributed by atoms with van der Waals surface area (Å²) >= 11 is 8.54. The van der Waals surface area contributed by atoms with Crippen molar-refractivity contribution in [1.82, 2.24) is 47.2 Å². The maximum Gasteiger partial charge on any atom is 0.244 e. The van der Waals surface area contributed by atoms with Crippen LogP contribution in [-0.4, -0.2) is 124 Å². The summed E-state index contributed by atoms with van der Waals surface area (Å²) in [4.78, 5) is 118. The molecule has 0 unspecified atom stereocenters. The van der Waals surface area contributed by atoms with Gasteiger partial charge in [0.25, 0.3) is 0 Å². The Bertz CT molecular complexity index is 2860. The number of rotatable bonds is 30. The number of amides is 8. The number of para-hydroxylation sites is 1. The van der Waals surface area contributed by atoms with E-state index in [-0.39, 0.29) is 50.2 Å². The van der Waals surface area contributed by atoms with Crippen LogP contribution >= 0.6 is 25.3 Å². The zero-order chi connectivity index (χ0) is 56.9. The molecule has 20 nitrogen and oxygen atoms in total. The van der Waals surface area contributed by atoms with Gasteiger partial charge in [-0.3, -0.25) is 43.3 Å². The molecule has 0 radical (unpaired) electrons. The maximum absolute atomic E-state index is 14.7. The molecule has 418 valence electrons. The van der Waals surface area contributed by atoms with Gasteiger partial charge in [0, 0.05) is 60.3 Å². The van der Waals surface area contributed by atoms with Gasteiger partial charge in [0.15, 0.2) is 0 Å². The Morgan fingerprint density at radius 3 is 1.65 bits per heavy atom. The molecule has 78 heavy (non-hydrogen) atoms. The van der Waals surface area contributed by atoms with E-state index < -0.39 is 113 Å². The van der Waals surface area contributed by atoms with E-state index in [4.69, 9.17) is 17.2 Å². The van der Waals surface area contributed by atoms with Gasteiger partial charge in [0.1, 0.15) is 53.9 Å². The number of unbranched alkanes of at least 4 members (excludes halogenated alkanes) is 1. The Morgan fingerprint density at radius 1 is 0.577 bits per heavy atom. The Labute approximate surface area is 461 Å². The first kappa shape index (κ1) is 61.4. The summed E-state index contributed by atoms with van der Waals surface area (Å²) in [6.07, 6.45) is 5.11. The van der Waals surface area contributed by atoms with Gasteiger partial charge < -0.3 is 59.4 Å². The van der Waals surface area contributed by atoms with Crippen LogP contribution in [0.25, 0.3) is 10.9 Å². The predicted octanol–water partition coefficient (Wildman–Crippen LogP) is 0.963. The van der Waals surface area contributed by atoms with Gasteiger partial charge in [-0.2, -0.15) is 25.3 Å². The van der Waals surface area contributed by atoms with Crippen LogP contribution < -0.4 is 54.4 Å². The van der Waals surface area contributed by atoms with Crippen molar-refractivity contribution in [3.8, 4) is 0 Å². The van der Waals surface area contributed by atoms with Crippen molar-refractivity contribution in [2.24, 2.45) is 23.1 Å². The Kier molecular flexibility index (Phi) is 24.0. The summed E-state index contributed by atoms with van der Waals surface area (Å²) in [5.41, 5.74) is 20.3. The molecule has 0 aliphatic rings. The Morgan fingerprint density at radius 2 is 1.09 bits per heavy atom. The molecule has 2 aromatic heterocycles. The van der Waals surface area contributed by atoms with E-state index >= 15 is 0 Å². The average Bonchev–Trinajstić information content (AvgIpc) is 3.82. The molecular formula is C54H68F2N12O8S2. The van der Waals surface area contributed by atoms with Gasteiger partial charge in [0.05, 0.1) is 6.04 Å². The third-order valence-corrected chi connectivity index (χ3v) is 13.4. The number of carbonyl (C=O) groups is 8. The van der Waals surface area contributed by atoms with Crippen LogP contribution in [0.4, 0.5) is 8.78 Å². The molecule has 0 bridgehead atoms. The SMILES string of the molecule is CC(C)[C@H](NC(=O)[C@H](CCCCN)NC(=O)[C@@H](Cc1c[nH]c2ccccc12)NC(=O)[C@H](Cc1cccnc1)NC(=O)[C@@H](CS)NC(=O)[C@@H](N)Cc1cccc(F)c1)C(=O)N[C@@H](CS)C(=O)N[C@@H](Cc1cccc(F)c1)C(N)=O. The monoisotopic (exact) mass is 1110 g/mol. The first-order valence-electron chi connectivity index (χ1n) is 25.3. The second-order valence-corrected chi connectivity index (χ2v) is 19.8. The summed E-state index contributed by atoms with van der Waals surface area (Å²) in [6.45, 7) is 3.55. The van der Waals surface area contributed by atoms with E-state index in [0.29, 0.717) is 35.1 Å². The topological polar surface area (TPSA) is 328 Å². The zero-order valence-electron chi connectivity index (χ0n) is 43.2. The number of nitrogens with zero attached hydrogens (tertiary/aromatic N) is 1. The second kappa shape index (κ2) is 30.5. The average molecular weight is 1120 g/mol. The summed E-state index contributed by atoms with van der Waals surface area (Å²) < 4.78 is 27.8. The van der Waals surface area contributed by atoms with Gasteiger partial charge >= 0.3 is 0 Å². The number of nitrogens with one attached hydrogen (secondary N) is 8. The Balaban J connectivity index is 1.37. The van der Waals surface area contributed by atoms with E-state index in [1.54, 1.807) is 50.4 Å². The third kappa shape index (κ3) is 18.7. The standard InChI is InChI=1S/C54H68F2N12O8S2/c1-30(2)46(54(76)67-45(29-78)52(74)63-41(47(59)69)23-32-11-8-14-36(56)21-32)68-49(71)40(17-5-6-18-57)62-51(73)43(25-34-27-61-39-16-4-3-15-37(34)39)65-50(72)42(24-33-12-9-19-60-26-33)64-53(75)44(28-77)66-48(70)38(58)22-31-10-7-13-35(55)20-31/h3-4,7-16,19-21,26-27,30,38,40-46,61,77-78H,5-6,17-18,22-25,28-29,57-58H2,1-2H3,(H2,59,69)(H,62,73)(H,63,74)(H,64,75)(H,65,72)(H,66,70)(H,67,76)(H,68,71)/t38-,40-,41-,42-,43+,44+,45-,46-/m0/s1. The molecule has 0 aliphatic carbocycles. The summed E-state index contributed by atoms with van der Waals surface area (Å²) in [5, 5.41) is 19.3. The van der Waals surface area contributed by atoms with Crippen LogP contribution in [-0.2, 0) is 64.0 Å². The number of carbonyl (C=O) groups excluding carboxylic acids is 8. The first-order valence-corrected chi connectivity index (χ1v) is 26.6. The fourth-order valence-electron chi connectivity index (χ4n) is 8.39. The molecule has 3 aromatic carbocycles. The smallest absolute Gasteiger partial charge is 0.244 e. The number of aromatic amines is 1. The van der Waals surface area contributed by atoms with Gasteiger partial charge in [-0.05, 0) is 96.8 Å². The minimum absolute atomic E-state index is 0.0405. The van der Waals surface area contributed by atoms with Crippen LogP contribution in [0.1, 0.15) is 55.4 Å². The van der Waals surface area contributed by atoms with E-state index in [1.165, 1.54) is 48.8 Å². The molecule has 8 amide bonds. The largest absolute Gasteiger partial charge is 0.368 e. The lowest BCUT2D eigenvalue weighted by Gasteiger charge is -2.29. The lowest BCUT2D eigenvalue weighted by Crippen LogP contribution is -2.61. The van der Waals surface area contributed by atoms with Crippen molar-refractivity contribution in [3.63, 3.8) is 0 Å². The van der Waals surface area contributed by atoms with Gasteiger partial charge in [0.2, 0.25) is 47.3 Å². The van der Waals surface area contributed by atoms with Crippen LogP contribution in [0.2, 0.25) is 0 Å². The van der Waals surface area contributed by atoms with Gasteiger partial charge in [-0.25, -0.2) is 8.78 Å². The number of pyridine rings is 1. The first-order chi connectivity index (χ1) is 37.3. The minimum atomic E-state index is -1.40. The molecule has 0 aliphatic heterocycles. The molecule has 2 heterocycles. The molecule has 14 N–H and O–H groups in total. The van der Waals surface area contributed by atoms with Crippen LogP contribution in [0.15, 0.2) is 104 Å². The van der Waals surface area contributed by atoms with E-state index in [1.807, 2.05) is 18.2 Å². The van der Waals surface area contributed by atoms with Crippen molar-refractivity contribution in [1.29, 1.82) is 0 Å². The van der Waals surface area contributed by atoms with Crippen molar-refractivity contribution in [2.75, 3.05) is 18.1 Å². The number of aromatic nitrogens is 2. The van der Waals surface area contributed by atoms with Crippen molar-refractivity contribution in [3.05, 3.63) is 137 Å². The summed E-state index contributed by atoms with van der Waals surface area (Å²) in [5.74, 6) is -8.58. The highest BCUT2D eigenvalue weighted by Crippen LogP contribution is 2.20. The normalized spacial score (nSPS) is 14.3. The molecule has 0 spiro atoms. The number of hydrogen-bond donors (Lipinski definition) is 13. The number of benzene rings is 3. The van der Waals surface area contributed by atoms with E-state index in [9.17, 15) is 47.1 Å². The number of hydrogen-bond acceptors (Lipinski definition) is 13. The fraction of sp³-hybridized carbons (Fsp3) is 0.389. The molecule has 0 fully saturated rings. The van der Waals surface area contributed by atoms with Gasteiger partial charge in [-0.15, -0.1) is 0 Å². The summed E-state index contributed by atoms with van der Waals surface area (Å²) in [7, 11) is 0. The molecule has 0 saturated heterocycles. The summed E-state index contributed by atoms with van der Waals surface area (Å²) in [6, 6.07) is 11.1. The molecule has 5 aromatic rings. The fourth-order valence-corrected chi connectivity index (χ4v) is 8.91. The quantitative estimate of drug-likeness (QED) is 0.0227. The van der Waals surface area contributed by atoms with E-state index in [0.717, 1.165) is 10.9 Å². The van der Waals surface area contributed by atoms with Crippen molar-refractivity contribution in [2.45, 2.75) is 107 Å². The highest BCUT2D eigenvalue weighted by molar-refractivity contribution is 7.80. The minimum Gasteiger partial charge on any atom is -0.368 e. The molecule has 24 heteroatoms. The van der Waals surface area contributed by atoms with Gasteiger partial charge in [-0.1, -0.05) is 62.4 Å². The zero-order valence-corrected chi connectivity index (χ0v) is 45.0. The molecule has 0 saturated carbocycles. The van der Waals surface area contributed by atoms with Crippen molar-refractivity contribution < 1.29 is 47.1 Å². The van der Waals surface area contributed by atoms with Crippen LogP contribution in [0, 0.1) is 17.6 Å². The molecular weight excluding hydrogens is 1050 g/mol. The molecule has 8 atom stereocenters. The molecule has 5 rings (SSSR count). The number of nitrogens with two attached hydrogens (primary N) is 3. The third-order valence-electron chi connectivity index (χ3n) is 12.7. The van der Waals surface area contributed by atoms with Crippen LogP contribution in [0.3, 0.4) is 0 Å². The number of primary amides is 1.